The minimum atomic E-state index is -0.795. The molecule has 0 fully saturated rings. The summed E-state index contributed by atoms with van der Waals surface area (Å²) in [6.07, 6.45) is 2.03. The number of thiophene rings is 1. The van der Waals surface area contributed by atoms with Gasteiger partial charge in [0.1, 0.15) is 10.9 Å². The first kappa shape index (κ1) is 19.8. The maximum atomic E-state index is 13.0. The van der Waals surface area contributed by atoms with Gasteiger partial charge in [0.25, 0.3) is 11.5 Å². The Morgan fingerprint density at radius 1 is 1.29 bits per heavy atom. The molecular formula is C20H21N3O4S. The molecule has 0 saturated heterocycles. The van der Waals surface area contributed by atoms with Gasteiger partial charge in [0.2, 0.25) is 0 Å². The van der Waals surface area contributed by atoms with Crippen LogP contribution >= 0.6 is 11.3 Å². The van der Waals surface area contributed by atoms with Crippen molar-refractivity contribution in [3.63, 3.8) is 0 Å². The van der Waals surface area contributed by atoms with Crippen molar-refractivity contribution in [1.29, 1.82) is 0 Å². The second-order valence-corrected chi connectivity index (χ2v) is 7.36. The van der Waals surface area contributed by atoms with Crippen molar-refractivity contribution in [3.05, 3.63) is 57.5 Å². The van der Waals surface area contributed by atoms with Crippen LogP contribution in [0.25, 0.3) is 10.2 Å². The lowest BCUT2D eigenvalue weighted by molar-refractivity contribution is -0.147. The Labute approximate surface area is 166 Å². The molecule has 0 aliphatic carbocycles. The number of fused-ring (bicyclic) bond motifs is 1. The second kappa shape index (κ2) is 8.35. The zero-order valence-corrected chi connectivity index (χ0v) is 16.7. The van der Waals surface area contributed by atoms with Crippen LogP contribution in [0.4, 0.5) is 5.69 Å². The van der Waals surface area contributed by atoms with Gasteiger partial charge in [-0.05, 0) is 38.0 Å². The number of anilines is 1. The Bertz CT molecular complexity index is 1070. The fraction of sp³-hybridized carbons (Fsp3) is 0.300. The van der Waals surface area contributed by atoms with Crippen LogP contribution in [-0.2, 0) is 9.53 Å². The number of carbonyl (C=O) groups excluding carboxylic acids is 2. The van der Waals surface area contributed by atoms with Gasteiger partial charge in [0, 0.05) is 5.69 Å². The predicted molar refractivity (Wildman–Crippen MR) is 109 cm³/mol. The van der Waals surface area contributed by atoms with Crippen LogP contribution in [0.15, 0.2) is 41.5 Å². The largest absolute Gasteiger partial charge is 0.464 e. The van der Waals surface area contributed by atoms with Gasteiger partial charge in [-0.15, -0.1) is 11.3 Å². The molecule has 1 atom stereocenters. The van der Waals surface area contributed by atoms with Crippen LogP contribution in [0.3, 0.4) is 0 Å². The number of aryl methyl sites for hydroxylation is 1. The molecule has 2 heterocycles. The number of benzene rings is 1. The van der Waals surface area contributed by atoms with E-state index in [0.717, 1.165) is 11.3 Å². The Kier molecular flexibility index (Phi) is 5.89. The lowest BCUT2D eigenvalue weighted by Crippen LogP contribution is -2.29. The average Bonchev–Trinajstić information content (AvgIpc) is 3.04. The molecular weight excluding hydrogens is 378 g/mol. The van der Waals surface area contributed by atoms with Gasteiger partial charge >= 0.3 is 5.97 Å². The molecule has 8 heteroatoms. The summed E-state index contributed by atoms with van der Waals surface area (Å²) in [6.45, 7) is 5.51. The van der Waals surface area contributed by atoms with E-state index in [1.807, 2.05) is 25.1 Å². The second-order valence-electron chi connectivity index (χ2n) is 6.36. The Morgan fingerprint density at radius 3 is 2.68 bits per heavy atom. The summed E-state index contributed by atoms with van der Waals surface area (Å²) < 4.78 is 6.38. The van der Waals surface area contributed by atoms with Gasteiger partial charge < -0.3 is 10.1 Å². The fourth-order valence-electron chi connectivity index (χ4n) is 2.78. The molecule has 7 nitrogen and oxygen atoms in total. The van der Waals surface area contributed by atoms with Gasteiger partial charge in [0.05, 0.1) is 23.2 Å². The van der Waals surface area contributed by atoms with E-state index < -0.39 is 12.0 Å². The fourth-order valence-corrected chi connectivity index (χ4v) is 3.81. The molecule has 0 unspecified atom stereocenters. The molecule has 0 radical (unpaired) electrons. The van der Waals surface area contributed by atoms with E-state index in [1.165, 1.54) is 10.9 Å². The van der Waals surface area contributed by atoms with Crippen molar-refractivity contribution in [2.75, 3.05) is 11.9 Å². The third-order valence-electron chi connectivity index (χ3n) is 4.32. The smallest absolute Gasteiger partial charge is 0.328 e. The number of hydrogen-bond donors (Lipinski definition) is 1. The van der Waals surface area contributed by atoms with Crippen molar-refractivity contribution in [1.82, 2.24) is 9.55 Å². The Morgan fingerprint density at radius 2 is 2.00 bits per heavy atom. The molecule has 146 valence electrons. The molecule has 3 rings (SSSR count). The van der Waals surface area contributed by atoms with Crippen LogP contribution < -0.4 is 10.9 Å². The van der Waals surface area contributed by atoms with E-state index in [9.17, 15) is 14.4 Å². The summed E-state index contributed by atoms with van der Waals surface area (Å²) in [5.74, 6) is -0.784. The van der Waals surface area contributed by atoms with Crippen molar-refractivity contribution < 1.29 is 14.3 Å². The van der Waals surface area contributed by atoms with Crippen LogP contribution in [0.5, 0.6) is 0 Å². The molecule has 0 bridgehead atoms. The van der Waals surface area contributed by atoms with Crippen molar-refractivity contribution in [2.24, 2.45) is 0 Å². The lowest BCUT2D eigenvalue weighted by atomic mass is 10.2. The predicted octanol–water partition coefficient (Wildman–Crippen LogP) is 3.53. The Hall–Kier alpha value is -3.00. The van der Waals surface area contributed by atoms with Crippen molar-refractivity contribution in [3.8, 4) is 0 Å². The highest BCUT2D eigenvalue weighted by Crippen LogP contribution is 2.28. The number of rotatable bonds is 6. The molecule has 3 aromatic rings. The van der Waals surface area contributed by atoms with E-state index in [4.69, 9.17) is 4.74 Å². The number of aromatic nitrogens is 2. The molecule has 0 aliphatic heterocycles. The summed E-state index contributed by atoms with van der Waals surface area (Å²) in [4.78, 5) is 42.9. The van der Waals surface area contributed by atoms with E-state index in [2.05, 4.69) is 10.3 Å². The molecule has 1 aromatic carbocycles. The number of carbonyl (C=O) groups is 2. The van der Waals surface area contributed by atoms with Crippen molar-refractivity contribution in [2.45, 2.75) is 33.2 Å². The normalized spacial score (nSPS) is 12.0. The maximum Gasteiger partial charge on any atom is 0.328 e. The minimum Gasteiger partial charge on any atom is -0.464 e. The maximum absolute atomic E-state index is 13.0. The summed E-state index contributed by atoms with van der Waals surface area (Å²) >= 11 is 1.16. The zero-order chi connectivity index (χ0) is 20.3. The SMILES string of the molecule is CCCOC(=O)[C@@H](C)n1cnc2sc(C(=O)Nc3ccccc3)c(C)c2c1=O. The van der Waals surface area contributed by atoms with E-state index in [1.54, 1.807) is 26.0 Å². The first-order valence-corrected chi connectivity index (χ1v) is 9.79. The molecule has 0 spiro atoms. The summed E-state index contributed by atoms with van der Waals surface area (Å²) in [6, 6.07) is 8.29. The highest BCUT2D eigenvalue weighted by Gasteiger charge is 2.23. The number of ether oxygens (including phenoxy) is 1. The average molecular weight is 399 g/mol. The number of amides is 1. The third-order valence-corrected chi connectivity index (χ3v) is 5.52. The van der Waals surface area contributed by atoms with Crippen LogP contribution in [-0.4, -0.2) is 28.0 Å². The summed E-state index contributed by atoms with van der Waals surface area (Å²) in [5.41, 5.74) is 0.856. The van der Waals surface area contributed by atoms with Crippen molar-refractivity contribution >= 4 is 39.1 Å². The van der Waals surface area contributed by atoms with E-state index in [0.29, 0.717) is 39.4 Å². The van der Waals surface area contributed by atoms with E-state index in [-0.39, 0.29) is 11.5 Å². The molecule has 1 N–H and O–H groups in total. The summed E-state index contributed by atoms with van der Waals surface area (Å²) in [7, 11) is 0. The highest BCUT2D eigenvalue weighted by atomic mass is 32.1. The molecule has 0 saturated carbocycles. The molecule has 0 aliphatic rings. The molecule has 2 aromatic heterocycles. The number of nitrogens with zero attached hydrogens (tertiary/aromatic N) is 2. The van der Waals surface area contributed by atoms with Gasteiger partial charge in [-0.25, -0.2) is 9.78 Å². The first-order valence-electron chi connectivity index (χ1n) is 8.97. The highest BCUT2D eigenvalue weighted by molar-refractivity contribution is 7.20. The first-order chi connectivity index (χ1) is 13.4. The molecule has 1 amide bonds. The standard InChI is InChI=1S/C20H21N3O4S/c1-4-10-27-20(26)13(3)23-11-21-18-15(19(23)25)12(2)16(28-18)17(24)22-14-8-6-5-7-9-14/h5-9,11,13H,4,10H2,1-3H3,(H,22,24)/t13-/m1/s1. The quantitative estimate of drug-likeness (QED) is 0.641. The topological polar surface area (TPSA) is 90.3 Å². The monoisotopic (exact) mass is 399 g/mol. The molecule has 28 heavy (non-hydrogen) atoms. The number of hydrogen-bond acceptors (Lipinski definition) is 6. The number of para-hydroxylation sites is 1. The van der Waals surface area contributed by atoms with Crippen LogP contribution in [0.1, 0.15) is 41.5 Å². The van der Waals surface area contributed by atoms with Gasteiger partial charge in [0.15, 0.2) is 0 Å². The van der Waals surface area contributed by atoms with Crippen LogP contribution in [0, 0.1) is 6.92 Å². The van der Waals surface area contributed by atoms with E-state index >= 15 is 0 Å². The zero-order valence-electron chi connectivity index (χ0n) is 15.9. The van der Waals surface area contributed by atoms with Crippen LogP contribution in [0.2, 0.25) is 0 Å². The minimum absolute atomic E-state index is 0.298. The van der Waals surface area contributed by atoms with Gasteiger partial charge in [-0.3, -0.25) is 14.2 Å². The Balaban J connectivity index is 1.95. The lowest BCUT2D eigenvalue weighted by Gasteiger charge is -2.13. The number of esters is 1. The van der Waals surface area contributed by atoms with Gasteiger partial charge in [-0.1, -0.05) is 25.1 Å². The third kappa shape index (κ3) is 3.82. The summed E-state index contributed by atoms with van der Waals surface area (Å²) in [5, 5.41) is 3.17. The number of nitrogens with one attached hydrogen (secondary N) is 1. The van der Waals surface area contributed by atoms with Gasteiger partial charge in [-0.2, -0.15) is 0 Å².